The van der Waals surface area contributed by atoms with Crippen LogP contribution in [-0.4, -0.2) is 41.1 Å². The van der Waals surface area contributed by atoms with E-state index in [1.54, 1.807) is 0 Å². The normalized spacial score (nSPS) is 19.2. The minimum absolute atomic E-state index is 0.00627. The van der Waals surface area contributed by atoms with Crippen molar-refractivity contribution in [3.8, 4) is 0 Å². The van der Waals surface area contributed by atoms with Crippen LogP contribution in [0, 0.1) is 5.92 Å². The first-order valence-corrected chi connectivity index (χ1v) is 5.93. The Balaban J connectivity index is 1.72. The van der Waals surface area contributed by atoms with Gasteiger partial charge in [-0.2, -0.15) is 0 Å². The van der Waals surface area contributed by atoms with Gasteiger partial charge in [0.15, 0.2) is 0 Å². The molecule has 90 valence electrons. The molecule has 2 fully saturated rings. The fourth-order valence-electron chi connectivity index (χ4n) is 1.74. The smallest absolute Gasteiger partial charge is 0.317 e. The number of nitrogens with one attached hydrogen (secondary N) is 1. The number of hydrogen-bond donors (Lipinski definition) is 2. The van der Waals surface area contributed by atoms with E-state index < -0.39 is 5.97 Å². The van der Waals surface area contributed by atoms with Crippen molar-refractivity contribution in [1.29, 1.82) is 0 Å². The van der Waals surface area contributed by atoms with E-state index in [2.05, 4.69) is 5.32 Å². The number of aliphatic carboxylic acids is 1. The SMILES string of the molecule is O=C(O)CCNC(=O)N(CC1CC1)C1CC1. The summed E-state index contributed by atoms with van der Waals surface area (Å²) < 4.78 is 0. The van der Waals surface area contributed by atoms with E-state index in [0.717, 1.165) is 19.4 Å². The van der Waals surface area contributed by atoms with E-state index in [1.165, 1.54) is 12.8 Å². The Kier molecular flexibility index (Phi) is 3.31. The zero-order valence-electron chi connectivity index (χ0n) is 9.32. The van der Waals surface area contributed by atoms with E-state index in [4.69, 9.17) is 5.11 Å². The predicted octanol–water partition coefficient (Wildman–Crippen LogP) is 1.05. The highest BCUT2D eigenvalue weighted by atomic mass is 16.4. The van der Waals surface area contributed by atoms with Crippen LogP contribution in [0.5, 0.6) is 0 Å². The molecule has 2 rings (SSSR count). The summed E-state index contributed by atoms with van der Waals surface area (Å²) in [7, 11) is 0. The molecule has 2 N–H and O–H groups in total. The highest BCUT2D eigenvalue weighted by molar-refractivity contribution is 5.76. The highest BCUT2D eigenvalue weighted by Gasteiger charge is 2.36. The quantitative estimate of drug-likeness (QED) is 0.711. The Bertz CT molecular complexity index is 285. The lowest BCUT2D eigenvalue weighted by molar-refractivity contribution is -0.136. The van der Waals surface area contributed by atoms with Gasteiger partial charge in [0.05, 0.1) is 6.42 Å². The number of carbonyl (C=O) groups is 2. The Hall–Kier alpha value is -1.26. The van der Waals surface area contributed by atoms with E-state index in [0.29, 0.717) is 12.0 Å². The molecule has 5 heteroatoms. The summed E-state index contributed by atoms with van der Waals surface area (Å²) in [6, 6.07) is 0.320. The van der Waals surface area contributed by atoms with E-state index in [1.807, 2.05) is 4.90 Å². The van der Waals surface area contributed by atoms with Gasteiger partial charge < -0.3 is 15.3 Å². The molecule has 0 aromatic rings. The minimum Gasteiger partial charge on any atom is -0.481 e. The Morgan fingerprint density at radius 1 is 1.25 bits per heavy atom. The summed E-state index contributed by atoms with van der Waals surface area (Å²) in [4.78, 5) is 24.0. The molecule has 0 aliphatic heterocycles. The monoisotopic (exact) mass is 226 g/mol. The summed E-state index contributed by atoms with van der Waals surface area (Å²) in [6.07, 6.45) is 4.64. The number of rotatable bonds is 6. The molecule has 0 aromatic heterocycles. The third kappa shape index (κ3) is 3.40. The van der Waals surface area contributed by atoms with Crippen molar-refractivity contribution in [1.82, 2.24) is 10.2 Å². The van der Waals surface area contributed by atoms with Crippen LogP contribution in [0.4, 0.5) is 4.79 Å². The average molecular weight is 226 g/mol. The third-order valence-corrected chi connectivity index (χ3v) is 3.02. The summed E-state index contributed by atoms with van der Waals surface area (Å²) in [5.41, 5.74) is 0. The molecule has 0 saturated heterocycles. The van der Waals surface area contributed by atoms with Gasteiger partial charge in [-0.05, 0) is 31.6 Å². The van der Waals surface area contributed by atoms with Gasteiger partial charge in [-0.15, -0.1) is 0 Å². The van der Waals surface area contributed by atoms with E-state index in [-0.39, 0.29) is 19.0 Å². The molecule has 16 heavy (non-hydrogen) atoms. The van der Waals surface area contributed by atoms with Crippen molar-refractivity contribution in [2.24, 2.45) is 5.92 Å². The Morgan fingerprint density at radius 3 is 2.44 bits per heavy atom. The van der Waals surface area contributed by atoms with Crippen molar-refractivity contribution in [2.75, 3.05) is 13.1 Å². The van der Waals surface area contributed by atoms with Crippen molar-refractivity contribution in [2.45, 2.75) is 38.1 Å². The maximum atomic E-state index is 11.8. The van der Waals surface area contributed by atoms with Crippen LogP contribution >= 0.6 is 0 Å². The van der Waals surface area contributed by atoms with Crippen molar-refractivity contribution < 1.29 is 14.7 Å². The van der Waals surface area contributed by atoms with Gasteiger partial charge in [0.1, 0.15) is 0 Å². The van der Waals surface area contributed by atoms with Gasteiger partial charge in [-0.25, -0.2) is 4.79 Å². The van der Waals surface area contributed by atoms with Crippen LogP contribution < -0.4 is 5.32 Å². The molecule has 2 saturated carbocycles. The number of carboxylic acids is 1. The van der Waals surface area contributed by atoms with Crippen LogP contribution in [0.1, 0.15) is 32.1 Å². The van der Waals surface area contributed by atoms with E-state index >= 15 is 0 Å². The first-order valence-electron chi connectivity index (χ1n) is 5.93. The van der Waals surface area contributed by atoms with Gasteiger partial charge in [-0.3, -0.25) is 4.79 Å². The molecular weight excluding hydrogens is 208 g/mol. The molecule has 5 nitrogen and oxygen atoms in total. The molecule has 0 aromatic carbocycles. The van der Waals surface area contributed by atoms with Crippen molar-refractivity contribution >= 4 is 12.0 Å². The second-order valence-electron chi connectivity index (χ2n) is 4.70. The molecular formula is C11H18N2O3. The summed E-state index contributed by atoms with van der Waals surface area (Å²) >= 11 is 0. The van der Waals surface area contributed by atoms with Crippen molar-refractivity contribution in [3.05, 3.63) is 0 Å². The van der Waals surface area contributed by atoms with Crippen LogP contribution in [0.15, 0.2) is 0 Å². The fraction of sp³-hybridized carbons (Fsp3) is 0.818. The van der Waals surface area contributed by atoms with Crippen LogP contribution in [0.3, 0.4) is 0 Å². The molecule has 2 aliphatic rings. The highest BCUT2D eigenvalue weighted by Crippen LogP contribution is 2.34. The molecule has 2 aliphatic carbocycles. The second-order valence-corrected chi connectivity index (χ2v) is 4.70. The molecule has 0 spiro atoms. The summed E-state index contributed by atoms with van der Waals surface area (Å²) in [5, 5.41) is 11.2. The topological polar surface area (TPSA) is 69.6 Å². The van der Waals surface area contributed by atoms with Gasteiger partial charge in [0, 0.05) is 19.1 Å². The number of amides is 2. The molecule has 0 atom stereocenters. The van der Waals surface area contributed by atoms with Gasteiger partial charge in [0.25, 0.3) is 0 Å². The summed E-state index contributed by atoms with van der Waals surface area (Å²) in [6.45, 7) is 1.08. The lowest BCUT2D eigenvalue weighted by Gasteiger charge is -2.22. The zero-order chi connectivity index (χ0) is 11.5. The third-order valence-electron chi connectivity index (χ3n) is 3.02. The van der Waals surface area contributed by atoms with Gasteiger partial charge in [0.2, 0.25) is 0 Å². The maximum Gasteiger partial charge on any atom is 0.317 e. The number of urea groups is 1. The molecule has 2 amide bonds. The van der Waals surface area contributed by atoms with Gasteiger partial charge in [-0.1, -0.05) is 0 Å². The van der Waals surface area contributed by atoms with E-state index in [9.17, 15) is 9.59 Å². The average Bonchev–Trinajstić information content (AvgIpc) is 3.06. The first kappa shape index (κ1) is 11.2. The molecule has 0 bridgehead atoms. The maximum absolute atomic E-state index is 11.8. The number of hydrogen-bond acceptors (Lipinski definition) is 2. The predicted molar refractivity (Wildman–Crippen MR) is 58.1 cm³/mol. The lowest BCUT2D eigenvalue weighted by atomic mass is 10.3. The second kappa shape index (κ2) is 4.72. The fourth-order valence-corrected chi connectivity index (χ4v) is 1.74. The number of nitrogens with zero attached hydrogens (tertiary/aromatic N) is 1. The Labute approximate surface area is 94.8 Å². The van der Waals surface area contributed by atoms with Crippen LogP contribution in [0.25, 0.3) is 0 Å². The van der Waals surface area contributed by atoms with Crippen molar-refractivity contribution in [3.63, 3.8) is 0 Å². The number of carbonyl (C=O) groups excluding carboxylic acids is 1. The zero-order valence-corrected chi connectivity index (χ0v) is 9.32. The lowest BCUT2D eigenvalue weighted by Crippen LogP contribution is -2.43. The largest absolute Gasteiger partial charge is 0.481 e. The minimum atomic E-state index is -0.875. The number of carboxylic acid groups (broad SMARTS) is 1. The standard InChI is InChI=1S/C11H18N2O3/c14-10(15)5-6-12-11(16)13(9-3-4-9)7-8-1-2-8/h8-9H,1-7H2,(H,12,16)(H,14,15). The van der Waals surface area contributed by atoms with Crippen LogP contribution in [-0.2, 0) is 4.79 Å². The molecule has 0 radical (unpaired) electrons. The van der Waals surface area contributed by atoms with Gasteiger partial charge >= 0.3 is 12.0 Å². The first-order chi connectivity index (χ1) is 7.66. The van der Waals surface area contributed by atoms with Crippen LogP contribution in [0.2, 0.25) is 0 Å². The molecule has 0 heterocycles. The Morgan fingerprint density at radius 2 is 1.94 bits per heavy atom. The molecule has 0 unspecified atom stereocenters. The summed E-state index contributed by atoms with van der Waals surface area (Å²) in [5.74, 6) is -0.189.